The van der Waals surface area contributed by atoms with Gasteiger partial charge in [0.05, 0.1) is 0 Å². The van der Waals surface area contributed by atoms with Crippen molar-refractivity contribution in [3.8, 4) is 0 Å². The van der Waals surface area contributed by atoms with Crippen LogP contribution in [0.3, 0.4) is 0 Å². The Hall–Kier alpha value is -0.820. The maximum Gasteiger partial charge on any atom is 0.00884 e. The number of aryl methyl sites for hydroxylation is 1. The smallest absolute Gasteiger partial charge is 0.00884 e. The van der Waals surface area contributed by atoms with E-state index in [0.717, 1.165) is 19.0 Å². The third kappa shape index (κ3) is 3.04. The topological polar surface area (TPSA) is 12.0 Å². The summed E-state index contributed by atoms with van der Waals surface area (Å²) in [4.78, 5) is 0. The standard InChI is InChI=1S/C20H31N/c1-16(2)12-21-15-20(18-8-6-7-17(3)11-18)13-19(14-20)9-4-5-10-19/h6-8,11,16,21H,4-5,9-10,12-15H2,1-3H3. The van der Waals surface area contributed by atoms with Gasteiger partial charge in [0.25, 0.3) is 0 Å². The normalized spacial score (nSPS) is 22.7. The van der Waals surface area contributed by atoms with Crippen LogP contribution in [0.25, 0.3) is 0 Å². The molecule has 0 atom stereocenters. The van der Waals surface area contributed by atoms with E-state index >= 15 is 0 Å². The van der Waals surface area contributed by atoms with Gasteiger partial charge in [0.2, 0.25) is 0 Å². The van der Waals surface area contributed by atoms with E-state index in [0.29, 0.717) is 10.8 Å². The monoisotopic (exact) mass is 285 g/mol. The van der Waals surface area contributed by atoms with Gasteiger partial charge >= 0.3 is 0 Å². The van der Waals surface area contributed by atoms with Crippen LogP contribution in [0.5, 0.6) is 0 Å². The van der Waals surface area contributed by atoms with Gasteiger partial charge in [-0.1, -0.05) is 56.5 Å². The third-order valence-corrected chi connectivity index (χ3v) is 5.74. The zero-order valence-electron chi connectivity index (χ0n) is 14.0. The van der Waals surface area contributed by atoms with Crippen LogP contribution in [0.15, 0.2) is 24.3 Å². The lowest BCUT2D eigenvalue weighted by Gasteiger charge is -2.56. The summed E-state index contributed by atoms with van der Waals surface area (Å²) in [5.41, 5.74) is 4.09. The first-order chi connectivity index (χ1) is 10.0. The fraction of sp³-hybridized carbons (Fsp3) is 0.700. The highest BCUT2D eigenvalue weighted by Gasteiger charge is 2.55. The SMILES string of the molecule is Cc1cccc(C2(CNCC(C)C)CC3(CCCC3)C2)c1. The summed E-state index contributed by atoms with van der Waals surface area (Å²) >= 11 is 0. The summed E-state index contributed by atoms with van der Waals surface area (Å²) in [5, 5.41) is 3.75. The van der Waals surface area contributed by atoms with E-state index in [9.17, 15) is 0 Å². The third-order valence-electron chi connectivity index (χ3n) is 5.74. The van der Waals surface area contributed by atoms with Crippen LogP contribution in [0.1, 0.15) is 63.5 Å². The largest absolute Gasteiger partial charge is 0.316 e. The Kier molecular flexibility index (Phi) is 4.14. The number of hydrogen-bond acceptors (Lipinski definition) is 1. The molecule has 2 saturated carbocycles. The van der Waals surface area contributed by atoms with Gasteiger partial charge in [0.1, 0.15) is 0 Å². The van der Waals surface area contributed by atoms with Gasteiger partial charge in [-0.05, 0) is 56.0 Å². The molecule has 0 bridgehead atoms. The average Bonchev–Trinajstić information content (AvgIpc) is 2.86. The molecule has 0 aromatic heterocycles. The fourth-order valence-corrected chi connectivity index (χ4v) is 4.87. The molecule has 1 spiro atoms. The molecule has 3 rings (SSSR count). The molecule has 1 nitrogen and oxygen atoms in total. The molecule has 116 valence electrons. The second-order valence-electron chi connectivity index (χ2n) is 8.24. The van der Waals surface area contributed by atoms with Gasteiger partial charge in [0.15, 0.2) is 0 Å². The van der Waals surface area contributed by atoms with Crippen LogP contribution < -0.4 is 5.32 Å². The molecule has 2 aliphatic carbocycles. The maximum atomic E-state index is 3.75. The lowest BCUT2D eigenvalue weighted by Crippen LogP contribution is -2.54. The minimum atomic E-state index is 0.408. The first kappa shape index (κ1) is 15.1. The molecule has 21 heavy (non-hydrogen) atoms. The highest BCUT2D eigenvalue weighted by atomic mass is 14.9. The maximum absolute atomic E-state index is 3.75. The van der Waals surface area contributed by atoms with Crippen molar-refractivity contribution in [1.82, 2.24) is 5.32 Å². The second kappa shape index (κ2) is 5.76. The van der Waals surface area contributed by atoms with Crippen molar-refractivity contribution in [1.29, 1.82) is 0 Å². The summed E-state index contributed by atoms with van der Waals surface area (Å²) in [6.07, 6.45) is 8.70. The molecule has 1 aromatic rings. The molecule has 0 amide bonds. The number of benzene rings is 1. The summed E-state index contributed by atoms with van der Waals surface area (Å²) in [6, 6.07) is 9.27. The van der Waals surface area contributed by atoms with Gasteiger partial charge in [-0.2, -0.15) is 0 Å². The average molecular weight is 285 g/mol. The summed E-state index contributed by atoms with van der Waals surface area (Å²) in [6.45, 7) is 9.12. The number of hydrogen-bond donors (Lipinski definition) is 1. The Morgan fingerprint density at radius 3 is 2.48 bits per heavy atom. The molecule has 0 saturated heterocycles. The van der Waals surface area contributed by atoms with E-state index in [1.165, 1.54) is 44.1 Å². The molecule has 2 fully saturated rings. The first-order valence-corrected chi connectivity index (χ1v) is 8.82. The van der Waals surface area contributed by atoms with Crippen molar-refractivity contribution >= 4 is 0 Å². The predicted octanol–water partition coefficient (Wildman–Crippen LogP) is 4.83. The molecule has 1 aromatic carbocycles. The molecule has 0 aliphatic heterocycles. The Balaban J connectivity index is 1.76. The Labute approximate surface area is 130 Å². The first-order valence-electron chi connectivity index (χ1n) is 8.82. The van der Waals surface area contributed by atoms with E-state index in [4.69, 9.17) is 0 Å². The van der Waals surface area contributed by atoms with Gasteiger partial charge < -0.3 is 5.32 Å². The van der Waals surface area contributed by atoms with Crippen molar-refractivity contribution in [2.75, 3.05) is 13.1 Å². The van der Waals surface area contributed by atoms with E-state index in [-0.39, 0.29) is 0 Å². The summed E-state index contributed by atoms with van der Waals surface area (Å²) in [7, 11) is 0. The predicted molar refractivity (Wildman–Crippen MR) is 90.7 cm³/mol. The van der Waals surface area contributed by atoms with E-state index in [1.54, 1.807) is 5.56 Å². The van der Waals surface area contributed by atoms with E-state index in [1.807, 2.05) is 0 Å². The molecule has 0 radical (unpaired) electrons. The van der Waals surface area contributed by atoms with Crippen LogP contribution in [-0.2, 0) is 5.41 Å². The van der Waals surface area contributed by atoms with Crippen molar-refractivity contribution < 1.29 is 0 Å². The molecule has 1 N–H and O–H groups in total. The van der Waals surface area contributed by atoms with Crippen LogP contribution in [0, 0.1) is 18.3 Å². The van der Waals surface area contributed by atoms with Crippen molar-refractivity contribution in [2.24, 2.45) is 11.3 Å². The van der Waals surface area contributed by atoms with Crippen molar-refractivity contribution in [3.05, 3.63) is 35.4 Å². The van der Waals surface area contributed by atoms with Crippen LogP contribution >= 0.6 is 0 Å². The lowest BCUT2D eigenvalue weighted by atomic mass is 9.49. The quantitative estimate of drug-likeness (QED) is 0.817. The minimum absolute atomic E-state index is 0.408. The number of rotatable bonds is 5. The second-order valence-corrected chi connectivity index (χ2v) is 8.24. The molecule has 0 unspecified atom stereocenters. The van der Waals surface area contributed by atoms with Gasteiger partial charge in [-0.15, -0.1) is 0 Å². The summed E-state index contributed by atoms with van der Waals surface area (Å²) < 4.78 is 0. The van der Waals surface area contributed by atoms with Crippen LogP contribution in [0.4, 0.5) is 0 Å². The molecule has 0 heterocycles. The fourth-order valence-electron chi connectivity index (χ4n) is 4.87. The van der Waals surface area contributed by atoms with Crippen molar-refractivity contribution in [2.45, 2.75) is 64.7 Å². The minimum Gasteiger partial charge on any atom is -0.316 e. The zero-order valence-corrected chi connectivity index (χ0v) is 14.0. The lowest BCUT2D eigenvalue weighted by molar-refractivity contribution is 0.0266. The van der Waals surface area contributed by atoms with E-state index in [2.05, 4.69) is 50.4 Å². The van der Waals surface area contributed by atoms with Crippen LogP contribution in [-0.4, -0.2) is 13.1 Å². The zero-order chi connectivity index (χ0) is 14.9. The highest BCUT2D eigenvalue weighted by Crippen LogP contribution is 2.62. The molecule has 1 heteroatoms. The Morgan fingerprint density at radius 1 is 1.14 bits per heavy atom. The number of nitrogens with one attached hydrogen (secondary N) is 1. The molecular weight excluding hydrogens is 254 g/mol. The van der Waals surface area contributed by atoms with Gasteiger partial charge in [-0.3, -0.25) is 0 Å². The van der Waals surface area contributed by atoms with Gasteiger partial charge in [0, 0.05) is 12.0 Å². The van der Waals surface area contributed by atoms with Crippen molar-refractivity contribution in [3.63, 3.8) is 0 Å². The Bertz CT molecular complexity index is 474. The van der Waals surface area contributed by atoms with Gasteiger partial charge in [-0.25, -0.2) is 0 Å². The van der Waals surface area contributed by atoms with E-state index < -0.39 is 0 Å². The Morgan fingerprint density at radius 2 is 1.86 bits per heavy atom. The highest BCUT2D eigenvalue weighted by molar-refractivity contribution is 5.34. The molecule has 2 aliphatic rings. The molecular formula is C20H31N. The summed E-state index contributed by atoms with van der Waals surface area (Å²) in [5.74, 6) is 0.736. The van der Waals surface area contributed by atoms with Crippen LogP contribution in [0.2, 0.25) is 0 Å².